The van der Waals surface area contributed by atoms with Gasteiger partial charge in [-0.05, 0) is 66.8 Å². The number of rotatable bonds is 9. The van der Waals surface area contributed by atoms with E-state index < -0.39 is 5.54 Å². The number of nitrogens with zero attached hydrogens (tertiary/aromatic N) is 2. The van der Waals surface area contributed by atoms with Gasteiger partial charge in [0.2, 0.25) is 0 Å². The minimum Gasteiger partial charge on any atom is -0.377 e. The van der Waals surface area contributed by atoms with Gasteiger partial charge in [0.1, 0.15) is 11.4 Å². The number of ether oxygens (including phenoxy) is 1. The van der Waals surface area contributed by atoms with Gasteiger partial charge in [-0.25, -0.2) is 0 Å². The monoisotopic (exact) mass is 464 g/mol. The molecule has 0 radical (unpaired) electrons. The Bertz CT molecular complexity index is 1030. The number of amides is 1. The number of benzene rings is 2. The molecule has 2 aliphatic rings. The predicted molar refractivity (Wildman–Crippen MR) is 138 cm³/mol. The Hall–Kier alpha value is -2.11. The van der Waals surface area contributed by atoms with Crippen LogP contribution in [0, 0.1) is 5.92 Å². The fraction of sp³-hybridized carbons (Fsp3) is 0.500. The zero-order valence-electron chi connectivity index (χ0n) is 20.1. The van der Waals surface area contributed by atoms with Crippen LogP contribution in [0.2, 0.25) is 0 Å². The van der Waals surface area contributed by atoms with Crippen LogP contribution in [0.4, 0.5) is 0 Å². The van der Waals surface area contributed by atoms with E-state index in [1.807, 2.05) is 30.0 Å². The van der Waals surface area contributed by atoms with Crippen LogP contribution in [0.3, 0.4) is 0 Å². The van der Waals surface area contributed by atoms with E-state index in [1.165, 1.54) is 0 Å². The quantitative estimate of drug-likeness (QED) is 0.421. The third kappa shape index (κ3) is 5.04. The third-order valence-electron chi connectivity index (χ3n) is 6.95. The molecule has 1 spiro atoms. The molecule has 0 bridgehead atoms. The summed E-state index contributed by atoms with van der Waals surface area (Å²) < 4.78 is 5.80. The average Bonchev–Trinajstić information content (AvgIpc) is 3.31. The lowest BCUT2D eigenvalue weighted by atomic mass is 9.95. The molecule has 176 valence electrons. The van der Waals surface area contributed by atoms with E-state index in [0.717, 1.165) is 71.5 Å². The van der Waals surface area contributed by atoms with Crippen LogP contribution in [0.5, 0.6) is 0 Å². The van der Waals surface area contributed by atoms with Crippen molar-refractivity contribution in [2.24, 2.45) is 10.9 Å². The fourth-order valence-electron chi connectivity index (χ4n) is 5.20. The highest BCUT2D eigenvalue weighted by Gasteiger charge is 2.51. The van der Waals surface area contributed by atoms with Crippen molar-refractivity contribution in [2.75, 3.05) is 6.61 Å². The molecular formula is C28H36N2O2S. The van der Waals surface area contributed by atoms with Gasteiger partial charge in [-0.1, -0.05) is 56.7 Å². The second-order valence-corrected chi connectivity index (χ2v) is 10.0. The minimum absolute atomic E-state index is 0.203. The van der Waals surface area contributed by atoms with Crippen molar-refractivity contribution in [3.05, 3.63) is 53.6 Å². The van der Waals surface area contributed by atoms with Gasteiger partial charge in [-0.3, -0.25) is 14.7 Å². The van der Waals surface area contributed by atoms with E-state index in [4.69, 9.17) is 9.73 Å². The lowest BCUT2D eigenvalue weighted by molar-refractivity contribution is -0.131. The van der Waals surface area contributed by atoms with E-state index >= 15 is 0 Å². The zero-order valence-corrected chi connectivity index (χ0v) is 21.0. The molecule has 1 aliphatic carbocycles. The summed E-state index contributed by atoms with van der Waals surface area (Å²) in [5, 5.41) is 0. The number of hydrogen-bond donors (Lipinski definition) is 1. The van der Waals surface area contributed by atoms with E-state index in [1.54, 1.807) is 0 Å². The number of unbranched alkanes of at least 4 members (excludes halogenated alkanes) is 1. The van der Waals surface area contributed by atoms with Crippen molar-refractivity contribution in [1.29, 1.82) is 0 Å². The Balaban J connectivity index is 1.64. The number of carbonyl (C=O) groups is 1. The predicted octanol–water partition coefficient (Wildman–Crippen LogP) is 6.67. The van der Waals surface area contributed by atoms with Gasteiger partial charge in [-0.2, -0.15) is 0 Å². The van der Waals surface area contributed by atoms with Crippen LogP contribution in [0.1, 0.15) is 70.4 Å². The summed E-state index contributed by atoms with van der Waals surface area (Å²) in [5.41, 5.74) is 3.96. The molecule has 2 unspecified atom stereocenters. The Morgan fingerprint density at radius 2 is 2.00 bits per heavy atom. The molecule has 2 atom stereocenters. The maximum absolute atomic E-state index is 13.6. The molecule has 1 fully saturated rings. The van der Waals surface area contributed by atoms with Crippen molar-refractivity contribution < 1.29 is 9.53 Å². The van der Waals surface area contributed by atoms with Gasteiger partial charge in [-0.15, -0.1) is 12.6 Å². The molecule has 2 aromatic carbocycles. The molecule has 0 aromatic heterocycles. The molecule has 33 heavy (non-hydrogen) atoms. The molecule has 5 heteroatoms. The van der Waals surface area contributed by atoms with Gasteiger partial charge >= 0.3 is 0 Å². The molecule has 0 saturated heterocycles. The summed E-state index contributed by atoms with van der Waals surface area (Å²) in [6, 6.07) is 14.6. The molecule has 1 heterocycles. The molecule has 4 nitrogen and oxygen atoms in total. The second kappa shape index (κ2) is 10.4. The molecule has 1 aliphatic heterocycles. The van der Waals surface area contributed by atoms with Crippen molar-refractivity contribution in [3.8, 4) is 11.1 Å². The number of amidine groups is 1. The van der Waals surface area contributed by atoms with Gasteiger partial charge in [0.15, 0.2) is 0 Å². The lowest BCUT2D eigenvalue weighted by Crippen LogP contribution is -2.40. The Morgan fingerprint density at radius 3 is 2.70 bits per heavy atom. The summed E-state index contributed by atoms with van der Waals surface area (Å²) >= 11 is 4.67. The second-order valence-electron chi connectivity index (χ2n) is 9.55. The van der Waals surface area contributed by atoms with Crippen LogP contribution >= 0.6 is 12.6 Å². The van der Waals surface area contributed by atoms with Gasteiger partial charge < -0.3 is 4.74 Å². The third-order valence-corrected chi connectivity index (χ3v) is 7.34. The van der Waals surface area contributed by atoms with Crippen molar-refractivity contribution in [1.82, 2.24) is 4.90 Å². The van der Waals surface area contributed by atoms with E-state index in [-0.39, 0.29) is 5.91 Å². The topological polar surface area (TPSA) is 41.9 Å². The summed E-state index contributed by atoms with van der Waals surface area (Å²) in [4.78, 5) is 21.6. The number of aliphatic imine (C=N–C) groups is 1. The first-order valence-corrected chi connectivity index (χ1v) is 12.8. The van der Waals surface area contributed by atoms with Crippen molar-refractivity contribution in [2.45, 2.75) is 82.9 Å². The summed E-state index contributed by atoms with van der Waals surface area (Å²) in [7, 11) is 0. The molecule has 1 amide bonds. The summed E-state index contributed by atoms with van der Waals surface area (Å²) in [6.07, 6.45) is 5.87. The first-order valence-electron chi connectivity index (χ1n) is 12.4. The molecule has 2 aromatic rings. The number of thiol groups is 1. The van der Waals surface area contributed by atoms with Crippen LogP contribution in [-0.2, 0) is 22.7 Å². The zero-order chi connectivity index (χ0) is 23.4. The molecule has 0 N–H and O–H groups in total. The van der Waals surface area contributed by atoms with Crippen molar-refractivity contribution in [3.63, 3.8) is 0 Å². The van der Waals surface area contributed by atoms with Gasteiger partial charge in [0.25, 0.3) is 5.91 Å². The minimum atomic E-state index is -0.512. The summed E-state index contributed by atoms with van der Waals surface area (Å²) in [5.74, 6) is 1.74. The van der Waals surface area contributed by atoms with Gasteiger partial charge in [0.05, 0.1) is 13.2 Å². The standard InChI is InChI=1S/C28H36N2O2S/c1-4-6-11-26-29-28(15-14-20(3)17-28)27(31)30(26)18-21-12-13-23(22(16-21)19-32-5-2)24-9-7-8-10-25(24)33/h7-10,12-13,16,20,33H,4-6,11,14-15,17-19H2,1-3H3. The average molecular weight is 465 g/mol. The van der Waals surface area contributed by atoms with E-state index in [0.29, 0.717) is 25.7 Å². The van der Waals surface area contributed by atoms with E-state index in [2.05, 4.69) is 50.7 Å². The molecule has 1 saturated carbocycles. The highest BCUT2D eigenvalue weighted by Crippen LogP contribution is 2.43. The van der Waals surface area contributed by atoms with Crippen molar-refractivity contribution >= 4 is 24.4 Å². The first kappa shape index (κ1) is 24.0. The Labute approximate surface area is 203 Å². The van der Waals surface area contributed by atoms with Crippen LogP contribution < -0.4 is 0 Å². The smallest absolute Gasteiger partial charge is 0.256 e. The largest absolute Gasteiger partial charge is 0.377 e. The van der Waals surface area contributed by atoms with Crippen LogP contribution in [-0.4, -0.2) is 28.8 Å². The van der Waals surface area contributed by atoms with Crippen LogP contribution in [0.25, 0.3) is 11.1 Å². The first-order chi connectivity index (χ1) is 16.0. The molecule has 4 rings (SSSR count). The maximum atomic E-state index is 13.6. The maximum Gasteiger partial charge on any atom is 0.256 e. The SMILES string of the molecule is CCCCC1=NC2(CCC(C)C2)C(=O)N1Cc1ccc(-c2ccccc2S)c(COCC)c1. The van der Waals surface area contributed by atoms with Gasteiger partial charge in [0, 0.05) is 17.9 Å². The van der Waals surface area contributed by atoms with Crippen LogP contribution in [0.15, 0.2) is 52.4 Å². The highest BCUT2D eigenvalue weighted by atomic mass is 32.1. The normalized spacial score (nSPS) is 22.4. The Morgan fingerprint density at radius 1 is 1.18 bits per heavy atom. The highest BCUT2D eigenvalue weighted by molar-refractivity contribution is 7.80. The fourth-order valence-corrected chi connectivity index (χ4v) is 5.48. The molecular weight excluding hydrogens is 428 g/mol. The lowest BCUT2D eigenvalue weighted by Gasteiger charge is -2.23. The number of carbonyl (C=O) groups excluding carboxylic acids is 1. The Kier molecular flexibility index (Phi) is 7.60. The summed E-state index contributed by atoms with van der Waals surface area (Å²) in [6.45, 7) is 8.20. The number of hydrogen-bond acceptors (Lipinski definition) is 4. The van der Waals surface area contributed by atoms with E-state index in [9.17, 15) is 4.79 Å².